The Balaban J connectivity index is 1.91. The van der Waals surface area contributed by atoms with E-state index >= 15 is 0 Å². The second-order valence-corrected chi connectivity index (χ2v) is 5.56. The fourth-order valence-corrected chi connectivity index (χ4v) is 3.61. The van der Waals surface area contributed by atoms with Gasteiger partial charge in [0.25, 0.3) is 0 Å². The monoisotopic (exact) mass is 224 g/mol. The molecule has 2 saturated carbocycles. The highest BCUT2D eigenvalue weighted by Crippen LogP contribution is 2.28. The van der Waals surface area contributed by atoms with Crippen LogP contribution in [0.2, 0.25) is 0 Å². The van der Waals surface area contributed by atoms with Crippen LogP contribution in [0.1, 0.15) is 64.7 Å². The third kappa shape index (κ3) is 2.78. The maximum absolute atomic E-state index is 2.66. The molecular weight excluding hydrogens is 196 g/mol. The molecule has 2 rings (SSSR count). The van der Waals surface area contributed by atoms with Crippen LogP contribution in [-0.4, -0.2) is 35.7 Å². The van der Waals surface area contributed by atoms with Crippen LogP contribution in [0.15, 0.2) is 0 Å². The van der Waals surface area contributed by atoms with E-state index in [4.69, 9.17) is 0 Å². The van der Waals surface area contributed by atoms with Gasteiger partial charge in [0.1, 0.15) is 0 Å². The molecule has 2 aliphatic carbocycles. The van der Waals surface area contributed by atoms with Crippen molar-refractivity contribution in [1.82, 2.24) is 10.0 Å². The molecule has 0 radical (unpaired) electrons. The van der Waals surface area contributed by atoms with Crippen molar-refractivity contribution in [2.75, 3.05) is 13.6 Å². The summed E-state index contributed by atoms with van der Waals surface area (Å²) in [6.45, 7) is 3.51. The molecule has 0 heterocycles. The summed E-state index contributed by atoms with van der Waals surface area (Å²) in [5.41, 5.74) is 0. The summed E-state index contributed by atoms with van der Waals surface area (Å²) >= 11 is 0. The molecule has 0 atom stereocenters. The van der Waals surface area contributed by atoms with Gasteiger partial charge in [0.05, 0.1) is 0 Å². The summed E-state index contributed by atoms with van der Waals surface area (Å²) in [6.07, 6.45) is 12.9. The molecule has 0 bridgehead atoms. The maximum atomic E-state index is 2.66. The lowest BCUT2D eigenvalue weighted by atomic mass is 9.95. The second kappa shape index (κ2) is 6.02. The first-order valence-electron chi connectivity index (χ1n) is 7.32. The van der Waals surface area contributed by atoms with Crippen LogP contribution in [-0.2, 0) is 0 Å². The van der Waals surface area contributed by atoms with E-state index in [1.807, 2.05) is 0 Å². The maximum Gasteiger partial charge on any atom is 0.0245 e. The number of hydrazine groups is 1. The molecule has 0 aromatic rings. The average molecular weight is 224 g/mol. The number of hydrogen-bond acceptors (Lipinski definition) is 2. The molecule has 0 saturated heterocycles. The molecule has 0 aromatic carbocycles. The van der Waals surface area contributed by atoms with Crippen LogP contribution in [0, 0.1) is 0 Å². The Morgan fingerprint density at radius 2 is 1.31 bits per heavy atom. The second-order valence-electron chi connectivity index (χ2n) is 5.56. The van der Waals surface area contributed by atoms with E-state index in [0.29, 0.717) is 0 Å². The van der Waals surface area contributed by atoms with Crippen molar-refractivity contribution < 1.29 is 0 Å². The van der Waals surface area contributed by atoms with Gasteiger partial charge in [-0.1, -0.05) is 39.0 Å². The Bertz CT molecular complexity index is 193. The summed E-state index contributed by atoms with van der Waals surface area (Å²) in [7, 11) is 2.33. The molecule has 2 heteroatoms. The van der Waals surface area contributed by atoms with E-state index in [2.05, 4.69) is 24.0 Å². The van der Waals surface area contributed by atoms with E-state index in [1.165, 1.54) is 64.3 Å². The van der Waals surface area contributed by atoms with Crippen LogP contribution in [0.3, 0.4) is 0 Å². The standard InChI is InChI=1S/C14H28N2/c1-3-16(14-11-5-4-6-12-14)15(2)13-9-7-8-10-13/h13-14H,3-12H2,1-2H3. The highest BCUT2D eigenvalue weighted by molar-refractivity contribution is 4.79. The topological polar surface area (TPSA) is 6.48 Å². The van der Waals surface area contributed by atoms with E-state index < -0.39 is 0 Å². The minimum Gasteiger partial charge on any atom is -0.242 e. The predicted octanol–water partition coefficient (Wildman–Crippen LogP) is 3.43. The fraction of sp³-hybridized carbons (Fsp3) is 1.00. The van der Waals surface area contributed by atoms with Gasteiger partial charge >= 0.3 is 0 Å². The van der Waals surface area contributed by atoms with Crippen molar-refractivity contribution in [3.63, 3.8) is 0 Å². The van der Waals surface area contributed by atoms with Gasteiger partial charge in [-0.15, -0.1) is 0 Å². The first-order chi connectivity index (χ1) is 7.83. The van der Waals surface area contributed by atoms with E-state index in [-0.39, 0.29) is 0 Å². The van der Waals surface area contributed by atoms with Crippen LogP contribution in [0.4, 0.5) is 0 Å². The molecule has 94 valence electrons. The van der Waals surface area contributed by atoms with E-state index in [1.54, 1.807) is 0 Å². The van der Waals surface area contributed by atoms with Crippen LogP contribution in [0.5, 0.6) is 0 Å². The molecule has 0 unspecified atom stereocenters. The lowest BCUT2D eigenvalue weighted by molar-refractivity contribution is -0.0751. The average Bonchev–Trinajstić information content (AvgIpc) is 2.85. The van der Waals surface area contributed by atoms with Crippen LogP contribution >= 0.6 is 0 Å². The van der Waals surface area contributed by atoms with Gasteiger partial charge in [-0.05, 0) is 25.7 Å². The van der Waals surface area contributed by atoms with Gasteiger partial charge in [-0.3, -0.25) is 0 Å². The third-order valence-electron chi connectivity index (χ3n) is 4.58. The van der Waals surface area contributed by atoms with E-state index in [9.17, 15) is 0 Å². The highest BCUT2D eigenvalue weighted by Gasteiger charge is 2.28. The molecule has 2 nitrogen and oxygen atoms in total. The summed E-state index contributed by atoms with van der Waals surface area (Å²) in [5.74, 6) is 0. The first kappa shape index (κ1) is 12.4. The van der Waals surface area contributed by atoms with Gasteiger partial charge in [-0.2, -0.15) is 0 Å². The molecule has 2 aliphatic rings. The number of nitrogens with zero attached hydrogens (tertiary/aromatic N) is 2. The minimum absolute atomic E-state index is 0.835. The van der Waals surface area contributed by atoms with Crippen molar-refractivity contribution in [2.24, 2.45) is 0 Å². The van der Waals surface area contributed by atoms with Crippen molar-refractivity contribution in [3.05, 3.63) is 0 Å². The zero-order valence-electron chi connectivity index (χ0n) is 11.1. The van der Waals surface area contributed by atoms with Gasteiger partial charge in [-0.25, -0.2) is 10.0 Å². The van der Waals surface area contributed by atoms with Crippen LogP contribution < -0.4 is 0 Å². The molecule has 0 N–H and O–H groups in total. The summed E-state index contributed by atoms with van der Waals surface area (Å²) in [6, 6.07) is 1.67. The quantitative estimate of drug-likeness (QED) is 0.675. The van der Waals surface area contributed by atoms with E-state index in [0.717, 1.165) is 12.1 Å². The Kier molecular flexibility index (Phi) is 4.66. The lowest BCUT2D eigenvalue weighted by Crippen LogP contribution is -2.51. The number of rotatable bonds is 4. The Labute approximate surface area is 101 Å². The number of hydrogen-bond donors (Lipinski definition) is 0. The molecule has 0 amide bonds. The molecule has 16 heavy (non-hydrogen) atoms. The van der Waals surface area contributed by atoms with Crippen molar-refractivity contribution in [3.8, 4) is 0 Å². The Morgan fingerprint density at radius 1 is 0.812 bits per heavy atom. The summed E-state index contributed by atoms with van der Waals surface area (Å²) < 4.78 is 0. The molecule has 2 fully saturated rings. The van der Waals surface area contributed by atoms with Crippen molar-refractivity contribution >= 4 is 0 Å². The highest BCUT2D eigenvalue weighted by atomic mass is 15.6. The SMILES string of the molecule is CCN(C1CCCCC1)N(C)C1CCCC1. The van der Waals surface area contributed by atoms with Crippen molar-refractivity contribution in [2.45, 2.75) is 76.8 Å². The fourth-order valence-electron chi connectivity index (χ4n) is 3.61. The zero-order chi connectivity index (χ0) is 11.4. The predicted molar refractivity (Wildman–Crippen MR) is 69.3 cm³/mol. The van der Waals surface area contributed by atoms with Gasteiger partial charge in [0, 0.05) is 25.7 Å². The first-order valence-corrected chi connectivity index (χ1v) is 7.32. The Hall–Kier alpha value is -0.0800. The third-order valence-corrected chi connectivity index (χ3v) is 4.58. The Morgan fingerprint density at radius 3 is 1.88 bits per heavy atom. The van der Waals surface area contributed by atoms with Crippen molar-refractivity contribution in [1.29, 1.82) is 0 Å². The molecular formula is C14H28N2. The summed E-state index contributed by atoms with van der Waals surface area (Å²) in [4.78, 5) is 0. The smallest absolute Gasteiger partial charge is 0.0245 e. The van der Waals surface area contributed by atoms with Gasteiger partial charge in [0.2, 0.25) is 0 Å². The van der Waals surface area contributed by atoms with Crippen LogP contribution in [0.25, 0.3) is 0 Å². The molecule has 0 aliphatic heterocycles. The largest absolute Gasteiger partial charge is 0.242 e. The van der Waals surface area contributed by atoms with Gasteiger partial charge < -0.3 is 0 Å². The summed E-state index contributed by atoms with van der Waals surface area (Å²) in [5, 5.41) is 5.25. The van der Waals surface area contributed by atoms with Gasteiger partial charge in [0.15, 0.2) is 0 Å². The lowest BCUT2D eigenvalue weighted by Gasteiger charge is -2.42. The normalized spacial score (nSPS) is 24.8. The molecule has 0 aromatic heterocycles. The minimum atomic E-state index is 0.835. The zero-order valence-corrected chi connectivity index (χ0v) is 11.1. The molecule has 0 spiro atoms.